The normalized spacial score (nSPS) is 26.5. The van der Waals surface area contributed by atoms with Crippen molar-refractivity contribution in [1.29, 1.82) is 0 Å². The first-order valence-electron chi connectivity index (χ1n) is 9.04. The number of rotatable bonds is 3. The Balaban J connectivity index is 1.48. The lowest BCUT2D eigenvalue weighted by atomic mass is 9.78. The molecule has 4 heteroatoms. The topological polar surface area (TPSA) is 45.2 Å². The number of nitrogens with one attached hydrogen (secondary N) is 1. The van der Waals surface area contributed by atoms with Crippen molar-refractivity contribution >= 4 is 16.7 Å². The van der Waals surface area contributed by atoms with Gasteiger partial charge >= 0.3 is 0 Å². The monoisotopic (exact) mass is 323 g/mol. The zero-order chi connectivity index (χ0) is 16.5. The van der Waals surface area contributed by atoms with Crippen LogP contribution in [0.5, 0.6) is 0 Å². The molecule has 2 heterocycles. The number of aromatic nitrogens is 1. The Bertz CT molecular complexity index is 739. The molecular formula is C20H25N3O. The Hall–Kier alpha value is -1.94. The van der Waals surface area contributed by atoms with Crippen LogP contribution in [0.3, 0.4) is 0 Å². The summed E-state index contributed by atoms with van der Waals surface area (Å²) in [7, 11) is 0. The zero-order valence-corrected chi connectivity index (χ0v) is 14.2. The predicted molar refractivity (Wildman–Crippen MR) is 95.5 cm³/mol. The second-order valence-electron chi connectivity index (χ2n) is 7.25. The number of fused-ring (bicyclic) bond motifs is 2. The van der Waals surface area contributed by atoms with Crippen LogP contribution in [0.25, 0.3) is 10.8 Å². The van der Waals surface area contributed by atoms with Crippen LogP contribution in [0.15, 0.2) is 36.5 Å². The first-order valence-corrected chi connectivity index (χ1v) is 9.04. The molecule has 4 rings (SSSR count). The van der Waals surface area contributed by atoms with E-state index in [9.17, 15) is 4.79 Å². The van der Waals surface area contributed by atoms with Crippen molar-refractivity contribution in [1.82, 2.24) is 15.2 Å². The molecule has 2 aliphatic rings. The fourth-order valence-corrected chi connectivity index (χ4v) is 4.53. The number of hydrogen-bond acceptors (Lipinski definition) is 3. The van der Waals surface area contributed by atoms with Crippen molar-refractivity contribution in [2.45, 2.75) is 38.8 Å². The summed E-state index contributed by atoms with van der Waals surface area (Å²) in [4.78, 5) is 18.3. The maximum absolute atomic E-state index is 11.7. The van der Waals surface area contributed by atoms with Crippen LogP contribution in [0.2, 0.25) is 0 Å². The molecule has 24 heavy (non-hydrogen) atoms. The molecular weight excluding hydrogens is 298 g/mol. The number of hydrogen-bond donors (Lipinski definition) is 1. The summed E-state index contributed by atoms with van der Waals surface area (Å²) in [6.07, 6.45) is 5.63. The summed E-state index contributed by atoms with van der Waals surface area (Å²) in [5.41, 5.74) is 1.12. The number of pyridine rings is 1. The van der Waals surface area contributed by atoms with E-state index in [2.05, 4.69) is 40.6 Å². The minimum absolute atomic E-state index is 0.221. The van der Waals surface area contributed by atoms with E-state index in [1.54, 1.807) is 6.92 Å². The predicted octanol–water partition coefficient (Wildman–Crippen LogP) is 2.97. The molecule has 1 aliphatic carbocycles. The Morgan fingerprint density at radius 2 is 2.12 bits per heavy atom. The van der Waals surface area contributed by atoms with Gasteiger partial charge in [0.05, 0.1) is 5.69 Å². The molecule has 1 N–H and O–H groups in total. The molecule has 1 aromatic carbocycles. The summed E-state index contributed by atoms with van der Waals surface area (Å²) >= 11 is 0. The third-order valence-electron chi connectivity index (χ3n) is 5.83. The van der Waals surface area contributed by atoms with Gasteiger partial charge in [0.25, 0.3) is 0 Å². The zero-order valence-electron chi connectivity index (χ0n) is 14.2. The highest BCUT2D eigenvalue weighted by Gasteiger charge is 2.40. The van der Waals surface area contributed by atoms with Crippen molar-refractivity contribution in [3.05, 3.63) is 42.2 Å². The molecule has 1 aliphatic heterocycles. The first kappa shape index (κ1) is 15.6. The highest BCUT2D eigenvalue weighted by molar-refractivity contribution is 5.84. The number of benzene rings is 1. The average Bonchev–Trinajstić information content (AvgIpc) is 3.05. The van der Waals surface area contributed by atoms with E-state index >= 15 is 0 Å². The fraction of sp³-hybridized carbons (Fsp3) is 0.500. The second-order valence-corrected chi connectivity index (χ2v) is 7.25. The van der Waals surface area contributed by atoms with E-state index in [1.165, 1.54) is 30.0 Å². The Kier molecular flexibility index (Phi) is 4.23. The van der Waals surface area contributed by atoms with E-state index in [-0.39, 0.29) is 5.91 Å². The highest BCUT2D eigenvalue weighted by atomic mass is 16.2. The van der Waals surface area contributed by atoms with Gasteiger partial charge in [-0.15, -0.1) is 0 Å². The van der Waals surface area contributed by atoms with E-state index in [4.69, 9.17) is 0 Å². The number of carbonyl (C=O) groups excluding carboxylic acids is 1. The van der Waals surface area contributed by atoms with Gasteiger partial charge in [0.2, 0.25) is 5.91 Å². The van der Waals surface area contributed by atoms with Crippen LogP contribution in [0.4, 0.5) is 0 Å². The molecule has 0 spiro atoms. The summed E-state index contributed by atoms with van der Waals surface area (Å²) < 4.78 is 0. The van der Waals surface area contributed by atoms with Gasteiger partial charge in [-0.05, 0) is 36.1 Å². The summed E-state index contributed by atoms with van der Waals surface area (Å²) in [6.45, 7) is 4.36. The quantitative estimate of drug-likeness (QED) is 0.944. The second kappa shape index (κ2) is 6.52. The van der Waals surface area contributed by atoms with Gasteiger partial charge < -0.3 is 10.2 Å². The summed E-state index contributed by atoms with van der Waals surface area (Å²) in [5, 5.41) is 6.24. The molecule has 1 saturated carbocycles. The van der Waals surface area contributed by atoms with E-state index in [0.29, 0.717) is 17.9 Å². The van der Waals surface area contributed by atoms with Crippen molar-refractivity contribution in [2.75, 3.05) is 13.1 Å². The van der Waals surface area contributed by atoms with Crippen LogP contribution in [0, 0.1) is 11.8 Å². The van der Waals surface area contributed by atoms with Gasteiger partial charge in [-0.3, -0.25) is 9.78 Å². The molecule has 0 bridgehead atoms. The van der Waals surface area contributed by atoms with Crippen LogP contribution in [-0.2, 0) is 11.3 Å². The highest BCUT2D eigenvalue weighted by Crippen LogP contribution is 2.36. The Labute approximate surface area is 143 Å². The molecule has 2 aromatic rings. The van der Waals surface area contributed by atoms with E-state index in [0.717, 1.165) is 25.3 Å². The lowest BCUT2D eigenvalue weighted by molar-refractivity contribution is -0.128. The van der Waals surface area contributed by atoms with Crippen LogP contribution in [-0.4, -0.2) is 34.9 Å². The molecule has 1 aromatic heterocycles. The third kappa shape index (κ3) is 2.91. The van der Waals surface area contributed by atoms with Gasteiger partial charge in [-0.25, -0.2) is 0 Å². The summed E-state index contributed by atoms with van der Waals surface area (Å²) in [6, 6.07) is 11.0. The first-order chi connectivity index (χ1) is 11.7. The van der Waals surface area contributed by atoms with Gasteiger partial charge in [0.15, 0.2) is 0 Å². The van der Waals surface area contributed by atoms with E-state index < -0.39 is 0 Å². The lowest BCUT2D eigenvalue weighted by Crippen LogP contribution is -2.42. The van der Waals surface area contributed by atoms with Crippen LogP contribution >= 0.6 is 0 Å². The molecule has 0 radical (unpaired) electrons. The van der Waals surface area contributed by atoms with Crippen molar-refractivity contribution < 1.29 is 4.79 Å². The van der Waals surface area contributed by atoms with Gasteiger partial charge in [0.1, 0.15) is 0 Å². The lowest BCUT2D eigenvalue weighted by Gasteiger charge is -2.33. The van der Waals surface area contributed by atoms with Crippen LogP contribution in [0.1, 0.15) is 31.9 Å². The average molecular weight is 323 g/mol. The number of carbonyl (C=O) groups is 1. The molecule has 3 atom stereocenters. The van der Waals surface area contributed by atoms with Crippen molar-refractivity contribution in [3.63, 3.8) is 0 Å². The third-order valence-corrected chi connectivity index (χ3v) is 5.83. The molecule has 4 nitrogen and oxygen atoms in total. The van der Waals surface area contributed by atoms with Gasteiger partial charge in [-0.2, -0.15) is 0 Å². The number of likely N-dealkylation sites (tertiary alicyclic amines) is 1. The van der Waals surface area contributed by atoms with Gasteiger partial charge in [-0.1, -0.05) is 30.7 Å². The van der Waals surface area contributed by atoms with E-state index in [1.807, 2.05) is 11.1 Å². The van der Waals surface area contributed by atoms with Crippen molar-refractivity contribution in [2.24, 2.45) is 11.8 Å². The molecule has 2 fully saturated rings. The number of nitrogens with zero attached hydrogens (tertiary/aromatic N) is 2. The smallest absolute Gasteiger partial charge is 0.219 e. The fourth-order valence-electron chi connectivity index (χ4n) is 4.53. The standard InChI is InChI=1S/C20H25N3O/c1-14(24)23-12-16-6-4-8-19(18(16)13-23)22-11-20-17-7-3-2-5-15(17)9-10-21-20/h2-3,5,7,9-10,16,18-19,22H,4,6,8,11-13H2,1H3. The SMILES string of the molecule is CC(=O)N1CC2CCCC(NCc3nccc4ccccc34)C2C1. The molecule has 126 valence electrons. The Morgan fingerprint density at radius 3 is 3.00 bits per heavy atom. The minimum Gasteiger partial charge on any atom is -0.342 e. The maximum Gasteiger partial charge on any atom is 0.219 e. The maximum atomic E-state index is 11.7. The van der Waals surface area contributed by atoms with Crippen molar-refractivity contribution in [3.8, 4) is 0 Å². The summed E-state index contributed by atoms with van der Waals surface area (Å²) in [5.74, 6) is 1.48. The van der Waals surface area contributed by atoms with Crippen LogP contribution < -0.4 is 5.32 Å². The van der Waals surface area contributed by atoms with Gasteiger partial charge in [0, 0.05) is 44.2 Å². The molecule has 1 saturated heterocycles. The minimum atomic E-state index is 0.221. The Morgan fingerprint density at radius 1 is 1.25 bits per heavy atom. The number of amides is 1. The molecule has 3 unspecified atom stereocenters. The molecule has 1 amide bonds. The largest absolute Gasteiger partial charge is 0.342 e.